The molecule has 0 radical (unpaired) electrons. The van der Waals surface area contributed by atoms with Gasteiger partial charge in [0.25, 0.3) is 0 Å². The van der Waals surface area contributed by atoms with E-state index >= 15 is 0 Å². The highest BCUT2D eigenvalue weighted by Crippen LogP contribution is 2.26. The molecule has 0 bridgehead atoms. The van der Waals surface area contributed by atoms with Crippen LogP contribution in [0.2, 0.25) is 0 Å². The Kier molecular flexibility index (Phi) is 5.25. The number of halogens is 2. The average Bonchev–Trinajstić information content (AvgIpc) is 2.96. The third kappa shape index (κ3) is 4.50. The van der Waals surface area contributed by atoms with Crippen molar-refractivity contribution in [2.45, 2.75) is 6.42 Å². The van der Waals surface area contributed by atoms with Crippen molar-refractivity contribution in [2.75, 3.05) is 5.32 Å². The Hall–Kier alpha value is -1.50. The summed E-state index contributed by atoms with van der Waals surface area (Å²) in [4.78, 5) is 16.6. The predicted octanol–water partition coefficient (Wildman–Crippen LogP) is 5.52. The molecule has 1 aromatic heterocycles. The summed E-state index contributed by atoms with van der Waals surface area (Å²) >= 11 is 8.25. The SMILES string of the molecule is O=C(Cc1cccc(Br)c1)Nc1nc(-c2ccc(Br)cc2)cs1. The zero-order valence-electron chi connectivity index (χ0n) is 11.9. The number of rotatable bonds is 4. The second kappa shape index (κ2) is 7.38. The molecule has 0 unspecified atom stereocenters. The van der Waals surface area contributed by atoms with Crippen molar-refractivity contribution in [1.29, 1.82) is 0 Å². The molecule has 0 fully saturated rings. The lowest BCUT2D eigenvalue weighted by molar-refractivity contribution is -0.115. The quantitative estimate of drug-likeness (QED) is 0.567. The van der Waals surface area contributed by atoms with Gasteiger partial charge in [-0.05, 0) is 29.8 Å². The maximum Gasteiger partial charge on any atom is 0.230 e. The van der Waals surface area contributed by atoms with Crippen LogP contribution in [0.15, 0.2) is 62.9 Å². The first-order valence-electron chi connectivity index (χ1n) is 6.86. The number of carbonyl (C=O) groups is 1. The molecule has 6 heteroatoms. The number of carbonyl (C=O) groups excluding carboxylic acids is 1. The highest BCUT2D eigenvalue weighted by molar-refractivity contribution is 9.10. The number of nitrogens with one attached hydrogen (secondary N) is 1. The van der Waals surface area contributed by atoms with Gasteiger partial charge in [-0.15, -0.1) is 11.3 Å². The normalized spacial score (nSPS) is 10.5. The Morgan fingerprint density at radius 1 is 1.09 bits per heavy atom. The summed E-state index contributed by atoms with van der Waals surface area (Å²) in [6.45, 7) is 0. The Labute approximate surface area is 155 Å². The molecule has 23 heavy (non-hydrogen) atoms. The van der Waals surface area contributed by atoms with E-state index in [0.717, 1.165) is 25.8 Å². The lowest BCUT2D eigenvalue weighted by atomic mass is 10.1. The Morgan fingerprint density at radius 2 is 1.87 bits per heavy atom. The Balaban J connectivity index is 1.66. The van der Waals surface area contributed by atoms with E-state index in [-0.39, 0.29) is 5.91 Å². The summed E-state index contributed by atoms with van der Waals surface area (Å²) in [5.41, 5.74) is 2.85. The van der Waals surface area contributed by atoms with Gasteiger partial charge in [-0.2, -0.15) is 0 Å². The smallest absolute Gasteiger partial charge is 0.230 e. The van der Waals surface area contributed by atoms with Crippen LogP contribution < -0.4 is 5.32 Å². The molecule has 3 rings (SSSR count). The molecule has 0 saturated carbocycles. The number of aromatic nitrogens is 1. The fourth-order valence-corrected chi connectivity index (χ4v) is 3.53. The number of hydrogen-bond acceptors (Lipinski definition) is 3. The fraction of sp³-hybridized carbons (Fsp3) is 0.0588. The van der Waals surface area contributed by atoms with Crippen molar-refractivity contribution >= 4 is 54.2 Å². The zero-order valence-corrected chi connectivity index (χ0v) is 15.9. The molecule has 0 aliphatic rings. The lowest BCUT2D eigenvalue weighted by Gasteiger charge is -2.02. The van der Waals surface area contributed by atoms with Gasteiger partial charge in [0.1, 0.15) is 0 Å². The first kappa shape index (κ1) is 16.4. The van der Waals surface area contributed by atoms with Gasteiger partial charge in [-0.1, -0.05) is 56.1 Å². The molecule has 1 heterocycles. The number of benzene rings is 2. The molecule has 3 nitrogen and oxygen atoms in total. The number of amides is 1. The highest BCUT2D eigenvalue weighted by Gasteiger charge is 2.09. The number of nitrogens with zero attached hydrogens (tertiary/aromatic N) is 1. The molecule has 2 aromatic carbocycles. The van der Waals surface area contributed by atoms with Gasteiger partial charge in [0.15, 0.2) is 5.13 Å². The molecule has 116 valence electrons. The highest BCUT2D eigenvalue weighted by atomic mass is 79.9. The second-order valence-corrected chi connectivity index (χ2v) is 7.59. The molecule has 0 spiro atoms. The van der Waals surface area contributed by atoms with Crippen molar-refractivity contribution < 1.29 is 4.79 Å². The maximum atomic E-state index is 12.1. The third-order valence-corrected chi connectivity index (χ3v) is 4.92. The topological polar surface area (TPSA) is 42.0 Å². The summed E-state index contributed by atoms with van der Waals surface area (Å²) in [5.74, 6) is -0.0696. The molecule has 1 amide bonds. The first-order chi connectivity index (χ1) is 11.1. The van der Waals surface area contributed by atoms with Crippen LogP contribution in [-0.2, 0) is 11.2 Å². The molecule has 3 aromatic rings. The Bertz CT molecular complexity index is 831. The lowest BCUT2D eigenvalue weighted by Crippen LogP contribution is -2.14. The molecule has 1 N–H and O–H groups in total. The van der Waals surface area contributed by atoms with Crippen LogP contribution in [0.4, 0.5) is 5.13 Å². The van der Waals surface area contributed by atoms with Crippen LogP contribution in [0.3, 0.4) is 0 Å². The minimum atomic E-state index is -0.0696. The summed E-state index contributed by atoms with van der Waals surface area (Å²) < 4.78 is 1.99. The van der Waals surface area contributed by atoms with Crippen LogP contribution in [0.5, 0.6) is 0 Å². The minimum Gasteiger partial charge on any atom is -0.302 e. The van der Waals surface area contributed by atoms with E-state index in [4.69, 9.17) is 0 Å². The number of thiazole rings is 1. The standard InChI is InChI=1S/C17H12Br2N2OS/c18-13-6-4-12(5-7-13)15-10-23-17(20-15)21-16(22)9-11-2-1-3-14(19)8-11/h1-8,10H,9H2,(H,20,21,22). The van der Waals surface area contributed by atoms with E-state index in [9.17, 15) is 4.79 Å². The van der Waals surface area contributed by atoms with Gasteiger partial charge in [0.2, 0.25) is 5.91 Å². The second-order valence-electron chi connectivity index (χ2n) is 4.90. The summed E-state index contributed by atoms with van der Waals surface area (Å²) in [6, 6.07) is 15.7. The molecule has 0 atom stereocenters. The van der Waals surface area contributed by atoms with Crippen molar-refractivity contribution in [1.82, 2.24) is 4.98 Å². The van der Waals surface area contributed by atoms with Crippen LogP contribution in [-0.4, -0.2) is 10.9 Å². The molecule has 0 saturated heterocycles. The van der Waals surface area contributed by atoms with E-state index in [1.807, 2.05) is 53.9 Å². The van der Waals surface area contributed by atoms with E-state index in [0.29, 0.717) is 11.6 Å². The predicted molar refractivity (Wildman–Crippen MR) is 102 cm³/mol. The van der Waals surface area contributed by atoms with Crippen LogP contribution in [0.25, 0.3) is 11.3 Å². The van der Waals surface area contributed by atoms with Gasteiger partial charge in [0, 0.05) is 19.9 Å². The molecular weight excluding hydrogens is 440 g/mol. The van der Waals surface area contributed by atoms with E-state index in [1.54, 1.807) is 0 Å². The fourth-order valence-electron chi connectivity index (χ4n) is 2.08. The molecular formula is C17H12Br2N2OS. The van der Waals surface area contributed by atoms with Gasteiger partial charge in [-0.3, -0.25) is 4.79 Å². The zero-order chi connectivity index (χ0) is 16.2. The monoisotopic (exact) mass is 450 g/mol. The van der Waals surface area contributed by atoms with Gasteiger partial charge in [0.05, 0.1) is 12.1 Å². The third-order valence-electron chi connectivity index (χ3n) is 3.14. The van der Waals surface area contributed by atoms with Crippen LogP contribution >= 0.6 is 43.2 Å². The summed E-state index contributed by atoms with van der Waals surface area (Å²) in [7, 11) is 0. The van der Waals surface area contributed by atoms with Gasteiger partial charge < -0.3 is 5.32 Å². The number of hydrogen-bond donors (Lipinski definition) is 1. The maximum absolute atomic E-state index is 12.1. The van der Waals surface area contributed by atoms with Crippen molar-refractivity contribution in [2.24, 2.45) is 0 Å². The van der Waals surface area contributed by atoms with E-state index in [1.165, 1.54) is 11.3 Å². The summed E-state index contributed by atoms with van der Waals surface area (Å²) in [6.07, 6.45) is 0.326. The largest absolute Gasteiger partial charge is 0.302 e. The van der Waals surface area contributed by atoms with Gasteiger partial charge >= 0.3 is 0 Å². The minimum absolute atomic E-state index is 0.0696. The van der Waals surface area contributed by atoms with E-state index < -0.39 is 0 Å². The van der Waals surface area contributed by atoms with E-state index in [2.05, 4.69) is 42.2 Å². The average molecular weight is 452 g/mol. The molecule has 0 aliphatic carbocycles. The Morgan fingerprint density at radius 3 is 2.61 bits per heavy atom. The van der Waals surface area contributed by atoms with Gasteiger partial charge in [-0.25, -0.2) is 4.98 Å². The van der Waals surface area contributed by atoms with Crippen molar-refractivity contribution in [3.8, 4) is 11.3 Å². The summed E-state index contributed by atoms with van der Waals surface area (Å²) in [5, 5.41) is 5.41. The molecule has 0 aliphatic heterocycles. The van der Waals surface area contributed by atoms with Crippen LogP contribution in [0, 0.1) is 0 Å². The number of anilines is 1. The van der Waals surface area contributed by atoms with Crippen LogP contribution in [0.1, 0.15) is 5.56 Å². The van der Waals surface area contributed by atoms with Crippen molar-refractivity contribution in [3.05, 3.63) is 68.4 Å². The van der Waals surface area contributed by atoms with Crippen molar-refractivity contribution in [3.63, 3.8) is 0 Å². The first-order valence-corrected chi connectivity index (χ1v) is 9.32.